The number of amides is 1. The van der Waals surface area contributed by atoms with Crippen LogP contribution in [-0.4, -0.2) is 19.0 Å². The molecule has 0 saturated heterocycles. The predicted octanol–water partition coefficient (Wildman–Crippen LogP) is 4.75. The number of benzene rings is 1. The highest BCUT2D eigenvalue weighted by molar-refractivity contribution is 7.10. The molecule has 0 bridgehead atoms. The number of thiophene rings is 1. The summed E-state index contributed by atoms with van der Waals surface area (Å²) in [4.78, 5) is 27.9. The van der Waals surface area contributed by atoms with E-state index in [1.807, 2.05) is 41.8 Å². The van der Waals surface area contributed by atoms with Gasteiger partial charge in [-0.25, -0.2) is 4.79 Å². The normalized spacial score (nSPS) is 16.1. The van der Waals surface area contributed by atoms with Crippen LogP contribution in [-0.2, 0) is 14.3 Å². The zero-order valence-electron chi connectivity index (χ0n) is 15.3. The van der Waals surface area contributed by atoms with Gasteiger partial charge in [0, 0.05) is 16.3 Å². The van der Waals surface area contributed by atoms with Crippen LogP contribution < -0.4 is 4.90 Å². The summed E-state index contributed by atoms with van der Waals surface area (Å²) in [5, 5.41) is 1.93. The van der Waals surface area contributed by atoms with Crippen molar-refractivity contribution in [3.05, 3.63) is 69.1 Å². The highest BCUT2D eigenvalue weighted by Crippen LogP contribution is 2.36. The van der Waals surface area contributed by atoms with Gasteiger partial charge in [0.25, 0.3) is 5.91 Å². The second-order valence-electron chi connectivity index (χ2n) is 6.41. The Morgan fingerprint density at radius 1 is 1.19 bits per heavy atom. The van der Waals surface area contributed by atoms with E-state index < -0.39 is 5.97 Å². The van der Waals surface area contributed by atoms with E-state index in [1.54, 1.807) is 17.9 Å². The van der Waals surface area contributed by atoms with E-state index in [1.165, 1.54) is 24.0 Å². The van der Waals surface area contributed by atoms with Gasteiger partial charge in [-0.3, -0.25) is 9.69 Å². The molecule has 26 heavy (non-hydrogen) atoms. The third-order valence-electron chi connectivity index (χ3n) is 4.44. The number of nitrogens with zero attached hydrogens (tertiary/aromatic N) is 1. The number of esters is 1. The molecule has 0 radical (unpaired) electrons. The number of anilines is 1. The van der Waals surface area contributed by atoms with E-state index in [4.69, 9.17) is 4.74 Å². The standard InChI is InChI=1S/C21H21NO3S/c1-13(2)15-7-9-16(10-8-15)22-14(3)19(21(24)25-4)18(20(22)23)12-17-6-5-11-26-17/h5-13H,1-4H3. The summed E-state index contributed by atoms with van der Waals surface area (Å²) in [7, 11) is 1.33. The molecule has 0 unspecified atom stereocenters. The molecule has 134 valence electrons. The Labute approximate surface area is 157 Å². The van der Waals surface area contributed by atoms with Crippen molar-refractivity contribution in [2.24, 2.45) is 0 Å². The first-order valence-electron chi connectivity index (χ1n) is 8.43. The number of hydrogen-bond acceptors (Lipinski definition) is 4. The number of carbonyl (C=O) groups is 2. The fraction of sp³-hybridized carbons (Fsp3) is 0.238. The van der Waals surface area contributed by atoms with Gasteiger partial charge >= 0.3 is 5.97 Å². The van der Waals surface area contributed by atoms with E-state index in [0.29, 0.717) is 22.8 Å². The maximum Gasteiger partial charge on any atom is 0.340 e. The third-order valence-corrected chi connectivity index (χ3v) is 5.26. The van der Waals surface area contributed by atoms with E-state index in [0.717, 1.165) is 10.6 Å². The molecule has 0 fully saturated rings. The molecule has 1 aliphatic heterocycles. The molecule has 3 rings (SSSR count). The minimum Gasteiger partial charge on any atom is -0.465 e. The Morgan fingerprint density at radius 3 is 2.42 bits per heavy atom. The molecule has 0 aliphatic carbocycles. The lowest BCUT2D eigenvalue weighted by molar-refractivity contribution is -0.136. The zero-order valence-corrected chi connectivity index (χ0v) is 16.1. The van der Waals surface area contributed by atoms with Crippen LogP contribution in [0.2, 0.25) is 0 Å². The molecule has 2 heterocycles. The Balaban J connectivity index is 2.08. The highest BCUT2D eigenvalue weighted by Gasteiger charge is 2.37. The molecule has 5 heteroatoms. The van der Waals surface area contributed by atoms with Gasteiger partial charge in [-0.05, 0) is 48.1 Å². The minimum atomic E-state index is -0.500. The van der Waals surface area contributed by atoms with Gasteiger partial charge in [0.1, 0.15) is 0 Å². The number of carbonyl (C=O) groups excluding carboxylic acids is 2. The first-order chi connectivity index (χ1) is 12.4. The molecule has 1 aromatic carbocycles. The largest absolute Gasteiger partial charge is 0.465 e. The van der Waals surface area contributed by atoms with E-state index in [9.17, 15) is 9.59 Å². The molecule has 1 amide bonds. The summed E-state index contributed by atoms with van der Waals surface area (Å²) in [6.07, 6.45) is 1.76. The third kappa shape index (κ3) is 3.22. The lowest BCUT2D eigenvalue weighted by atomic mass is 10.0. The molecule has 0 atom stereocenters. The smallest absolute Gasteiger partial charge is 0.340 e. The van der Waals surface area contributed by atoms with Gasteiger partial charge in [-0.1, -0.05) is 32.0 Å². The maximum absolute atomic E-state index is 13.1. The van der Waals surface area contributed by atoms with Crippen molar-refractivity contribution in [3.63, 3.8) is 0 Å². The lowest BCUT2D eigenvalue weighted by Gasteiger charge is -2.18. The maximum atomic E-state index is 13.1. The van der Waals surface area contributed by atoms with E-state index in [-0.39, 0.29) is 5.91 Å². The summed E-state index contributed by atoms with van der Waals surface area (Å²) in [5.41, 5.74) is 3.21. The number of methoxy groups -OCH3 is 1. The number of rotatable bonds is 4. The average molecular weight is 367 g/mol. The monoisotopic (exact) mass is 367 g/mol. The molecular weight excluding hydrogens is 346 g/mol. The second-order valence-corrected chi connectivity index (χ2v) is 7.39. The first-order valence-corrected chi connectivity index (χ1v) is 9.31. The molecule has 1 aromatic heterocycles. The van der Waals surface area contributed by atoms with Crippen molar-refractivity contribution in [2.75, 3.05) is 12.0 Å². The molecule has 0 spiro atoms. The van der Waals surface area contributed by atoms with Crippen LogP contribution in [0.15, 0.2) is 58.6 Å². The highest BCUT2D eigenvalue weighted by atomic mass is 32.1. The Kier molecular flexibility index (Phi) is 5.09. The average Bonchev–Trinajstić information content (AvgIpc) is 3.22. The second kappa shape index (κ2) is 7.30. The summed E-state index contributed by atoms with van der Waals surface area (Å²) in [6.45, 7) is 6.02. The fourth-order valence-electron chi connectivity index (χ4n) is 3.01. The lowest BCUT2D eigenvalue weighted by Crippen LogP contribution is -2.24. The van der Waals surface area contributed by atoms with Crippen LogP contribution in [0.25, 0.3) is 6.08 Å². The van der Waals surface area contributed by atoms with Gasteiger partial charge in [0.15, 0.2) is 0 Å². The van der Waals surface area contributed by atoms with Gasteiger partial charge in [0.05, 0.1) is 18.3 Å². The SMILES string of the molecule is COC(=O)C1=C(C)N(c2ccc(C(C)C)cc2)C(=O)C1=Cc1cccs1. The zero-order chi connectivity index (χ0) is 18.8. The molecule has 0 saturated carbocycles. The summed E-state index contributed by atoms with van der Waals surface area (Å²) in [5.74, 6) is -0.302. The van der Waals surface area contributed by atoms with Crippen molar-refractivity contribution >= 4 is 35.0 Å². The number of allylic oxidation sites excluding steroid dienone is 1. The number of hydrogen-bond donors (Lipinski definition) is 0. The Bertz CT molecular complexity index is 890. The van der Waals surface area contributed by atoms with E-state index >= 15 is 0 Å². The van der Waals surface area contributed by atoms with Gasteiger partial charge in [0.2, 0.25) is 0 Å². The molecule has 2 aromatic rings. The predicted molar refractivity (Wildman–Crippen MR) is 105 cm³/mol. The molecular formula is C21H21NO3S. The van der Waals surface area contributed by atoms with Crippen LogP contribution in [0.3, 0.4) is 0 Å². The van der Waals surface area contributed by atoms with Crippen molar-refractivity contribution in [2.45, 2.75) is 26.7 Å². The van der Waals surface area contributed by atoms with Crippen LogP contribution in [0, 0.1) is 0 Å². The first kappa shape index (κ1) is 18.1. The van der Waals surface area contributed by atoms with Crippen molar-refractivity contribution in [1.82, 2.24) is 0 Å². The van der Waals surface area contributed by atoms with Crippen LogP contribution in [0.5, 0.6) is 0 Å². The van der Waals surface area contributed by atoms with E-state index in [2.05, 4.69) is 13.8 Å². The van der Waals surface area contributed by atoms with Crippen LogP contribution in [0.4, 0.5) is 5.69 Å². The van der Waals surface area contributed by atoms with Gasteiger partial charge < -0.3 is 4.74 Å². The van der Waals surface area contributed by atoms with Crippen molar-refractivity contribution in [3.8, 4) is 0 Å². The molecule has 1 aliphatic rings. The van der Waals surface area contributed by atoms with Gasteiger partial charge in [-0.15, -0.1) is 11.3 Å². The molecule has 0 N–H and O–H groups in total. The summed E-state index contributed by atoms with van der Waals surface area (Å²) < 4.78 is 4.92. The molecule has 4 nitrogen and oxygen atoms in total. The quantitative estimate of drug-likeness (QED) is 0.579. The Morgan fingerprint density at radius 2 is 1.88 bits per heavy atom. The summed E-state index contributed by atoms with van der Waals surface area (Å²) in [6, 6.07) is 11.7. The van der Waals surface area contributed by atoms with Crippen molar-refractivity contribution in [1.29, 1.82) is 0 Å². The number of ether oxygens (including phenoxy) is 1. The Hall–Kier alpha value is -2.66. The summed E-state index contributed by atoms with van der Waals surface area (Å²) >= 11 is 1.51. The fourth-order valence-corrected chi connectivity index (χ4v) is 3.67. The van der Waals surface area contributed by atoms with Crippen LogP contribution >= 0.6 is 11.3 Å². The van der Waals surface area contributed by atoms with Crippen LogP contribution in [0.1, 0.15) is 37.1 Å². The van der Waals surface area contributed by atoms with Crippen molar-refractivity contribution < 1.29 is 14.3 Å². The minimum absolute atomic E-state index is 0.214. The topological polar surface area (TPSA) is 46.6 Å². The van der Waals surface area contributed by atoms with Gasteiger partial charge in [-0.2, -0.15) is 0 Å².